The summed E-state index contributed by atoms with van der Waals surface area (Å²) in [7, 11) is 1.49. The number of carbonyl (C=O) groups is 1. The van der Waals surface area contributed by atoms with Crippen molar-refractivity contribution in [2.45, 2.75) is 26.4 Å². The van der Waals surface area contributed by atoms with E-state index in [2.05, 4.69) is 22.1 Å². The van der Waals surface area contributed by atoms with E-state index in [9.17, 15) is 4.79 Å². The molecule has 0 spiro atoms. The van der Waals surface area contributed by atoms with Gasteiger partial charge in [-0.25, -0.2) is 9.78 Å². The molecule has 6 nitrogen and oxygen atoms in total. The van der Waals surface area contributed by atoms with Gasteiger partial charge in [0.25, 0.3) is 0 Å². The number of hydrogen-bond acceptors (Lipinski definition) is 5. The fraction of sp³-hybridized carbons (Fsp3) is 0.429. The van der Waals surface area contributed by atoms with Crippen LogP contribution in [0, 0.1) is 11.8 Å². The molecule has 0 aliphatic rings. The number of nitrogens with zero attached hydrogens (tertiary/aromatic N) is 1. The second-order valence-corrected chi connectivity index (χ2v) is 4.95. The third kappa shape index (κ3) is 5.48. The Kier molecular flexibility index (Phi) is 5.21. The summed E-state index contributed by atoms with van der Waals surface area (Å²) in [5.74, 6) is 5.90. The van der Waals surface area contributed by atoms with Crippen molar-refractivity contribution in [3.8, 4) is 17.7 Å². The normalized spacial score (nSPS) is 10.2. The molecular formula is C14H19N3O3. The Bertz CT molecular complexity index is 539. The van der Waals surface area contributed by atoms with Crippen molar-refractivity contribution in [3.05, 3.63) is 17.8 Å². The summed E-state index contributed by atoms with van der Waals surface area (Å²) < 4.78 is 10.1. The van der Waals surface area contributed by atoms with Gasteiger partial charge in [-0.1, -0.05) is 5.92 Å². The van der Waals surface area contributed by atoms with E-state index < -0.39 is 11.7 Å². The molecule has 0 fully saturated rings. The van der Waals surface area contributed by atoms with Crippen molar-refractivity contribution < 1.29 is 14.3 Å². The molecule has 3 N–H and O–H groups in total. The van der Waals surface area contributed by atoms with Crippen molar-refractivity contribution in [2.75, 3.05) is 19.4 Å². The third-order valence-electron chi connectivity index (χ3n) is 2.02. The van der Waals surface area contributed by atoms with Gasteiger partial charge in [0.2, 0.25) is 5.88 Å². The molecule has 0 aliphatic carbocycles. The number of alkyl carbamates (subject to hydrolysis) is 1. The van der Waals surface area contributed by atoms with Gasteiger partial charge in [-0.05, 0) is 38.8 Å². The SMILES string of the molecule is COc1nc(C#CCNC(=O)OC(C)(C)C)ccc1N. The molecule has 6 heteroatoms. The van der Waals surface area contributed by atoms with Crippen molar-refractivity contribution >= 4 is 11.8 Å². The van der Waals surface area contributed by atoms with Crippen LogP contribution in [-0.2, 0) is 4.74 Å². The Morgan fingerprint density at radius 3 is 2.75 bits per heavy atom. The van der Waals surface area contributed by atoms with E-state index in [1.165, 1.54) is 7.11 Å². The number of hydrogen-bond donors (Lipinski definition) is 2. The van der Waals surface area contributed by atoms with Crippen LogP contribution in [0.15, 0.2) is 12.1 Å². The highest BCUT2D eigenvalue weighted by atomic mass is 16.6. The van der Waals surface area contributed by atoms with E-state index in [0.29, 0.717) is 17.3 Å². The van der Waals surface area contributed by atoms with E-state index >= 15 is 0 Å². The molecule has 108 valence electrons. The first-order valence-electron chi connectivity index (χ1n) is 6.08. The molecule has 20 heavy (non-hydrogen) atoms. The molecule has 0 bridgehead atoms. The molecule has 0 radical (unpaired) electrons. The maximum atomic E-state index is 11.4. The molecule has 1 amide bonds. The monoisotopic (exact) mass is 277 g/mol. The quantitative estimate of drug-likeness (QED) is 0.801. The van der Waals surface area contributed by atoms with Crippen LogP contribution in [0.2, 0.25) is 0 Å². The highest BCUT2D eigenvalue weighted by Crippen LogP contribution is 2.16. The van der Waals surface area contributed by atoms with Crippen LogP contribution in [0.5, 0.6) is 5.88 Å². The number of amides is 1. The molecule has 0 aromatic carbocycles. The summed E-state index contributed by atoms with van der Waals surface area (Å²) in [6.07, 6.45) is -0.505. The molecule has 0 aliphatic heterocycles. The summed E-state index contributed by atoms with van der Waals surface area (Å²) in [5.41, 5.74) is 6.08. The van der Waals surface area contributed by atoms with E-state index in [0.717, 1.165) is 0 Å². The lowest BCUT2D eigenvalue weighted by molar-refractivity contribution is 0.0535. The highest BCUT2D eigenvalue weighted by molar-refractivity contribution is 5.68. The minimum absolute atomic E-state index is 0.170. The van der Waals surface area contributed by atoms with Gasteiger partial charge in [-0.2, -0.15) is 0 Å². The Balaban J connectivity index is 2.53. The Morgan fingerprint density at radius 1 is 1.45 bits per heavy atom. The van der Waals surface area contributed by atoms with Crippen LogP contribution in [-0.4, -0.2) is 30.3 Å². The van der Waals surface area contributed by atoms with Crippen molar-refractivity contribution in [3.63, 3.8) is 0 Å². The minimum Gasteiger partial charge on any atom is -0.479 e. The van der Waals surface area contributed by atoms with Crippen LogP contribution in [0.4, 0.5) is 10.5 Å². The maximum absolute atomic E-state index is 11.4. The first-order chi connectivity index (χ1) is 9.31. The molecule has 0 unspecified atom stereocenters. The van der Waals surface area contributed by atoms with Gasteiger partial charge >= 0.3 is 6.09 Å². The lowest BCUT2D eigenvalue weighted by Gasteiger charge is -2.18. The largest absolute Gasteiger partial charge is 0.479 e. The summed E-state index contributed by atoms with van der Waals surface area (Å²) in [6, 6.07) is 3.34. The summed E-state index contributed by atoms with van der Waals surface area (Å²) in [6.45, 7) is 5.55. The number of ether oxygens (including phenoxy) is 2. The number of nitrogen functional groups attached to an aromatic ring is 1. The molecule has 1 aromatic rings. The van der Waals surface area contributed by atoms with Gasteiger partial charge in [-0.15, -0.1) is 0 Å². The van der Waals surface area contributed by atoms with Gasteiger partial charge in [-0.3, -0.25) is 0 Å². The second-order valence-electron chi connectivity index (χ2n) is 4.95. The van der Waals surface area contributed by atoms with Gasteiger partial charge in [0.15, 0.2) is 0 Å². The maximum Gasteiger partial charge on any atom is 0.408 e. The zero-order valence-electron chi connectivity index (χ0n) is 12.1. The lowest BCUT2D eigenvalue weighted by Crippen LogP contribution is -2.32. The number of nitrogens with one attached hydrogen (secondary N) is 1. The van der Waals surface area contributed by atoms with Crippen LogP contribution in [0.3, 0.4) is 0 Å². The van der Waals surface area contributed by atoms with Crippen molar-refractivity contribution in [1.82, 2.24) is 10.3 Å². The number of anilines is 1. The Labute approximate surface area is 118 Å². The highest BCUT2D eigenvalue weighted by Gasteiger charge is 2.14. The second kappa shape index (κ2) is 6.66. The molecule has 1 aromatic heterocycles. The number of nitrogens with two attached hydrogens (primary N) is 1. The van der Waals surface area contributed by atoms with Gasteiger partial charge < -0.3 is 20.5 Å². The Morgan fingerprint density at radius 2 is 2.15 bits per heavy atom. The molecular weight excluding hydrogens is 258 g/mol. The number of aromatic nitrogens is 1. The van der Waals surface area contributed by atoms with Crippen LogP contribution < -0.4 is 15.8 Å². The fourth-order valence-electron chi connectivity index (χ4n) is 1.25. The minimum atomic E-state index is -0.524. The van der Waals surface area contributed by atoms with Crippen LogP contribution in [0.1, 0.15) is 26.5 Å². The zero-order valence-corrected chi connectivity index (χ0v) is 12.1. The summed E-state index contributed by atoms with van der Waals surface area (Å²) >= 11 is 0. The van der Waals surface area contributed by atoms with E-state index in [1.807, 2.05) is 0 Å². The molecule has 0 saturated carbocycles. The number of carbonyl (C=O) groups excluding carboxylic acids is 1. The van der Waals surface area contributed by atoms with Crippen LogP contribution >= 0.6 is 0 Å². The first kappa shape index (κ1) is 15.6. The summed E-state index contributed by atoms with van der Waals surface area (Å²) in [4.78, 5) is 15.5. The van der Waals surface area contributed by atoms with Crippen molar-refractivity contribution in [2.24, 2.45) is 0 Å². The summed E-state index contributed by atoms with van der Waals surface area (Å²) in [5, 5.41) is 2.53. The molecule has 1 rings (SSSR count). The standard InChI is InChI=1S/C14H19N3O3/c1-14(2,3)20-13(18)16-9-5-6-10-7-8-11(15)12(17-10)19-4/h7-8H,9,15H2,1-4H3,(H,16,18). The number of methoxy groups -OCH3 is 1. The fourth-order valence-corrected chi connectivity index (χ4v) is 1.25. The topological polar surface area (TPSA) is 86.5 Å². The molecule has 1 heterocycles. The van der Waals surface area contributed by atoms with E-state index in [-0.39, 0.29) is 6.54 Å². The molecule has 0 atom stereocenters. The van der Waals surface area contributed by atoms with Crippen molar-refractivity contribution in [1.29, 1.82) is 0 Å². The smallest absolute Gasteiger partial charge is 0.408 e. The van der Waals surface area contributed by atoms with E-state index in [4.69, 9.17) is 15.2 Å². The van der Waals surface area contributed by atoms with Crippen LogP contribution in [0.25, 0.3) is 0 Å². The molecule has 0 saturated heterocycles. The van der Waals surface area contributed by atoms with E-state index in [1.54, 1.807) is 32.9 Å². The Hall–Kier alpha value is -2.42. The number of pyridine rings is 1. The predicted molar refractivity (Wildman–Crippen MR) is 76.3 cm³/mol. The average Bonchev–Trinajstić information content (AvgIpc) is 2.34. The predicted octanol–water partition coefficient (Wildman–Crippen LogP) is 1.55. The third-order valence-corrected chi connectivity index (χ3v) is 2.02. The lowest BCUT2D eigenvalue weighted by atomic mass is 10.2. The van der Waals surface area contributed by atoms with Gasteiger partial charge in [0.1, 0.15) is 11.3 Å². The average molecular weight is 277 g/mol. The number of rotatable bonds is 2. The van der Waals surface area contributed by atoms with Gasteiger partial charge in [0.05, 0.1) is 19.3 Å². The van der Waals surface area contributed by atoms with Gasteiger partial charge in [0, 0.05) is 0 Å². The first-order valence-corrected chi connectivity index (χ1v) is 6.08. The zero-order chi connectivity index (χ0) is 15.2.